The average Bonchev–Trinajstić information content (AvgIpc) is 3.25. The second-order valence-electron chi connectivity index (χ2n) is 10.4. The molecule has 11 heteroatoms. The van der Waals surface area contributed by atoms with Crippen LogP contribution in [0.3, 0.4) is 0 Å². The highest BCUT2D eigenvalue weighted by Crippen LogP contribution is 2.37. The molecule has 41 heavy (non-hydrogen) atoms. The number of sulfonamides is 1. The number of ether oxygens (including phenoxy) is 2. The van der Waals surface area contributed by atoms with Crippen molar-refractivity contribution in [2.75, 3.05) is 13.2 Å². The third kappa shape index (κ3) is 5.43. The molecule has 0 spiro atoms. The van der Waals surface area contributed by atoms with Crippen LogP contribution in [-0.2, 0) is 33.1 Å². The van der Waals surface area contributed by atoms with Crippen molar-refractivity contribution >= 4 is 27.0 Å². The largest absolute Gasteiger partial charge is 0.488 e. The number of rotatable bonds is 7. The van der Waals surface area contributed by atoms with E-state index in [2.05, 4.69) is 10.3 Å². The molecule has 0 aliphatic carbocycles. The number of hydrogen-bond acceptors (Lipinski definition) is 7. The molecule has 0 radical (unpaired) electrons. The molecule has 2 atom stereocenters. The summed E-state index contributed by atoms with van der Waals surface area (Å²) in [4.78, 5) is 12.3. The Morgan fingerprint density at radius 1 is 1.20 bits per heavy atom. The number of benzene rings is 3. The first-order chi connectivity index (χ1) is 19.5. The second-order valence-corrected chi connectivity index (χ2v) is 12.3. The fourth-order valence-corrected chi connectivity index (χ4v) is 7.10. The van der Waals surface area contributed by atoms with Gasteiger partial charge in [-0.1, -0.05) is 35.5 Å². The van der Waals surface area contributed by atoms with Gasteiger partial charge in [-0.15, -0.1) is 5.10 Å². The highest BCUT2D eigenvalue weighted by molar-refractivity contribution is 7.89. The Morgan fingerprint density at radius 3 is 2.73 bits per heavy atom. The van der Waals surface area contributed by atoms with E-state index in [1.54, 1.807) is 18.5 Å². The summed E-state index contributed by atoms with van der Waals surface area (Å²) >= 11 is 0. The number of carbonyl (C=O) groups excluding carboxylic acids is 1. The Balaban J connectivity index is 1.57. The smallest absolute Gasteiger partial charge is 0.306 e. The van der Waals surface area contributed by atoms with Gasteiger partial charge in [0.15, 0.2) is 4.90 Å². The molecule has 0 saturated carbocycles. The summed E-state index contributed by atoms with van der Waals surface area (Å²) in [5.41, 5.74) is 5.86. The maximum Gasteiger partial charge on any atom is 0.306 e. The molecule has 4 aromatic rings. The number of halogens is 1. The van der Waals surface area contributed by atoms with E-state index in [1.165, 1.54) is 16.4 Å². The zero-order valence-corrected chi connectivity index (χ0v) is 24.5. The molecule has 5 rings (SSSR count). The zero-order valence-electron chi connectivity index (χ0n) is 23.7. The standard InChI is InChI=1S/C30H33FN4O5S/c1-6-39-28(36)15-24(23-12-13-26-29(20(23)4)32-33-34(26)5)21-11-10-18(2)22(14-21)17-35-16-19(3)40-27-9-7-8-25(31)30(27)41(35,37)38/h7-14,19,24H,6,15-17H2,1-5H3/t19-,24?/m1/s1. The molecular weight excluding hydrogens is 547 g/mol. The Morgan fingerprint density at radius 2 is 1.98 bits per heavy atom. The first kappa shape index (κ1) is 28.7. The molecule has 0 amide bonds. The predicted octanol–water partition coefficient (Wildman–Crippen LogP) is 4.78. The molecule has 0 fully saturated rings. The molecule has 1 aliphatic rings. The normalized spacial score (nSPS) is 17.5. The SMILES string of the molecule is CCOC(=O)CC(c1ccc(C)c(CN2C[C@@H](C)Oc3cccc(F)c3S2(=O)=O)c1)c1ccc2c(nnn2C)c1C. The first-order valence-electron chi connectivity index (χ1n) is 13.5. The Kier molecular flexibility index (Phi) is 7.85. The minimum atomic E-state index is -4.20. The van der Waals surface area contributed by atoms with Crippen molar-refractivity contribution in [2.24, 2.45) is 7.05 Å². The van der Waals surface area contributed by atoms with Gasteiger partial charge in [-0.05, 0) is 73.7 Å². The lowest BCUT2D eigenvalue weighted by Gasteiger charge is -2.24. The van der Waals surface area contributed by atoms with Crippen LogP contribution in [0.5, 0.6) is 5.75 Å². The van der Waals surface area contributed by atoms with Crippen molar-refractivity contribution in [1.29, 1.82) is 0 Å². The molecule has 1 aromatic heterocycles. The maximum atomic E-state index is 14.8. The van der Waals surface area contributed by atoms with E-state index >= 15 is 0 Å². The van der Waals surface area contributed by atoms with Gasteiger partial charge in [0, 0.05) is 19.5 Å². The van der Waals surface area contributed by atoms with E-state index in [0.717, 1.165) is 44.9 Å². The van der Waals surface area contributed by atoms with Crippen LogP contribution in [-0.4, -0.2) is 52.9 Å². The van der Waals surface area contributed by atoms with Gasteiger partial charge in [-0.25, -0.2) is 17.5 Å². The summed E-state index contributed by atoms with van der Waals surface area (Å²) in [6, 6.07) is 13.7. The fraction of sp³-hybridized carbons (Fsp3) is 0.367. The van der Waals surface area contributed by atoms with Crippen molar-refractivity contribution in [1.82, 2.24) is 19.3 Å². The Labute approximate surface area is 238 Å². The topological polar surface area (TPSA) is 104 Å². The van der Waals surface area contributed by atoms with Crippen LogP contribution in [0.4, 0.5) is 4.39 Å². The molecular formula is C30H33FN4O5S. The molecule has 216 valence electrons. The third-order valence-corrected chi connectivity index (χ3v) is 9.44. The maximum absolute atomic E-state index is 14.8. The van der Waals surface area contributed by atoms with Crippen LogP contribution >= 0.6 is 0 Å². The van der Waals surface area contributed by atoms with Gasteiger partial charge < -0.3 is 9.47 Å². The summed E-state index contributed by atoms with van der Waals surface area (Å²) in [7, 11) is -2.37. The van der Waals surface area contributed by atoms with Gasteiger partial charge in [0.25, 0.3) is 0 Å². The quantitative estimate of drug-likeness (QED) is 0.290. The van der Waals surface area contributed by atoms with Crippen LogP contribution in [0.15, 0.2) is 53.4 Å². The summed E-state index contributed by atoms with van der Waals surface area (Å²) < 4.78 is 56.2. The van der Waals surface area contributed by atoms with Crippen molar-refractivity contribution < 1.29 is 27.1 Å². The van der Waals surface area contributed by atoms with E-state index < -0.39 is 26.8 Å². The number of nitrogens with zero attached hydrogens (tertiary/aromatic N) is 4. The van der Waals surface area contributed by atoms with Crippen LogP contribution < -0.4 is 4.74 Å². The van der Waals surface area contributed by atoms with E-state index in [-0.39, 0.29) is 43.8 Å². The van der Waals surface area contributed by atoms with E-state index in [0.29, 0.717) is 0 Å². The number of esters is 1. The van der Waals surface area contributed by atoms with Crippen LogP contribution in [0, 0.1) is 19.7 Å². The molecule has 0 N–H and O–H groups in total. The van der Waals surface area contributed by atoms with E-state index in [1.807, 2.05) is 51.2 Å². The molecule has 1 unspecified atom stereocenters. The molecule has 9 nitrogen and oxygen atoms in total. The van der Waals surface area contributed by atoms with E-state index in [9.17, 15) is 17.6 Å². The lowest BCUT2D eigenvalue weighted by atomic mass is 9.84. The molecule has 0 bridgehead atoms. The zero-order chi connectivity index (χ0) is 29.5. The monoisotopic (exact) mass is 580 g/mol. The second kappa shape index (κ2) is 11.2. The summed E-state index contributed by atoms with van der Waals surface area (Å²) in [6.07, 6.45) is -0.400. The highest BCUT2D eigenvalue weighted by Gasteiger charge is 2.36. The average molecular weight is 581 g/mol. The number of carbonyl (C=O) groups is 1. The fourth-order valence-electron chi connectivity index (χ4n) is 5.44. The third-order valence-electron chi connectivity index (χ3n) is 7.57. The molecule has 0 saturated heterocycles. The predicted molar refractivity (Wildman–Crippen MR) is 152 cm³/mol. The van der Waals surface area contributed by atoms with E-state index in [4.69, 9.17) is 9.47 Å². The van der Waals surface area contributed by atoms with Gasteiger partial charge in [-0.3, -0.25) is 4.79 Å². The van der Waals surface area contributed by atoms with Gasteiger partial charge >= 0.3 is 5.97 Å². The van der Waals surface area contributed by atoms with Crippen LogP contribution in [0.2, 0.25) is 0 Å². The minimum Gasteiger partial charge on any atom is -0.488 e. The van der Waals surface area contributed by atoms with Crippen LogP contribution in [0.25, 0.3) is 11.0 Å². The summed E-state index contributed by atoms with van der Waals surface area (Å²) in [6.45, 7) is 7.70. The number of fused-ring (bicyclic) bond motifs is 2. The summed E-state index contributed by atoms with van der Waals surface area (Å²) in [5, 5.41) is 8.45. The van der Waals surface area contributed by atoms with Crippen molar-refractivity contribution in [3.8, 4) is 5.75 Å². The van der Waals surface area contributed by atoms with Gasteiger partial charge in [0.2, 0.25) is 10.0 Å². The number of hydrogen-bond donors (Lipinski definition) is 0. The molecule has 2 heterocycles. The van der Waals surface area contributed by atoms with Crippen molar-refractivity contribution in [2.45, 2.75) is 57.6 Å². The Bertz CT molecular complexity index is 1740. The molecule has 1 aliphatic heterocycles. The lowest BCUT2D eigenvalue weighted by Crippen LogP contribution is -2.35. The van der Waals surface area contributed by atoms with Gasteiger partial charge in [0.1, 0.15) is 23.2 Å². The highest BCUT2D eigenvalue weighted by atomic mass is 32.2. The first-order valence-corrected chi connectivity index (χ1v) is 14.9. The minimum absolute atomic E-state index is 0.00912. The van der Waals surface area contributed by atoms with Crippen LogP contribution in [0.1, 0.15) is 54.0 Å². The number of aromatic nitrogens is 3. The number of aryl methyl sites for hydroxylation is 3. The van der Waals surface area contributed by atoms with Crippen molar-refractivity contribution in [3.63, 3.8) is 0 Å². The lowest BCUT2D eigenvalue weighted by molar-refractivity contribution is -0.143. The molecule has 3 aromatic carbocycles. The van der Waals surface area contributed by atoms with Crippen molar-refractivity contribution in [3.05, 3.63) is 82.2 Å². The Hall–Kier alpha value is -3.83. The van der Waals surface area contributed by atoms with Gasteiger partial charge in [0.05, 0.1) is 25.1 Å². The summed E-state index contributed by atoms with van der Waals surface area (Å²) in [5.74, 6) is -1.56. The van der Waals surface area contributed by atoms with Gasteiger partial charge in [-0.2, -0.15) is 4.31 Å².